The largest absolute Gasteiger partial charge is 0.377 e. The molecule has 1 unspecified atom stereocenters. The minimum Gasteiger partial charge on any atom is -0.377 e. The Morgan fingerprint density at radius 1 is 1.19 bits per heavy atom. The van der Waals surface area contributed by atoms with Crippen LogP contribution in [0.25, 0.3) is 0 Å². The molecule has 0 spiro atoms. The predicted molar refractivity (Wildman–Crippen MR) is 87.5 cm³/mol. The first-order chi connectivity index (χ1) is 9.62. The van der Waals surface area contributed by atoms with Crippen LogP contribution in [0.5, 0.6) is 0 Å². The molecule has 2 aliphatic heterocycles. The fraction of sp³-hybridized carbons (Fsp3) is 1.00. The van der Waals surface area contributed by atoms with Gasteiger partial charge < -0.3 is 10.1 Å². The van der Waals surface area contributed by atoms with Gasteiger partial charge in [-0.2, -0.15) is 0 Å². The van der Waals surface area contributed by atoms with Crippen LogP contribution in [0.1, 0.15) is 39.0 Å². The minimum absolute atomic E-state index is 0. The molecule has 1 atom stereocenters. The van der Waals surface area contributed by atoms with Crippen molar-refractivity contribution >= 4 is 22.4 Å². The van der Waals surface area contributed by atoms with Crippen LogP contribution in [0.3, 0.4) is 0 Å². The number of nitrogens with zero attached hydrogens (tertiary/aromatic N) is 1. The van der Waals surface area contributed by atoms with E-state index in [-0.39, 0.29) is 24.3 Å². The van der Waals surface area contributed by atoms with Gasteiger partial charge in [0.15, 0.2) is 0 Å². The minimum atomic E-state index is -3.14. The van der Waals surface area contributed by atoms with Crippen LogP contribution in [0.2, 0.25) is 0 Å². The highest BCUT2D eigenvalue weighted by molar-refractivity contribution is 7.89. The van der Waals surface area contributed by atoms with E-state index in [1.807, 2.05) is 0 Å². The summed E-state index contributed by atoms with van der Waals surface area (Å²) in [5.74, 6) is 0.789. The summed E-state index contributed by atoms with van der Waals surface area (Å²) in [5, 5.41) is 3.35. The molecule has 2 saturated heterocycles. The topological polar surface area (TPSA) is 58.6 Å². The number of ether oxygens (including phenoxy) is 1. The smallest absolute Gasteiger partial charge is 0.216 e. The van der Waals surface area contributed by atoms with Crippen LogP contribution in [-0.2, 0) is 14.8 Å². The van der Waals surface area contributed by atoms with Gasteiger partial charge in [-0.15, -0.1) is 12.4 Å². The van der Waals surface area contributed by atoms with Gasteiger partial charge in [-0.05, 0) is 51.1 Å². The first-order valence-electron chi connectivity index (χ1n) is 7.92. The molecular weight excluding hydrogens is 312 g/mol. The summed E-state index contributed by atoms with van der Waals surface area (Å²) in [4.78, 5) is 0. The third kappa shape index (κ3) is 6.02. The summed E-state index contributed by atoms with van der Waals surface area (Å²) in [6.07, 6.45) is 4.89. The highest BCUT2D eigenvalue weighted by Crippen LogP contribution is 2.22. The Morgan fingerprint density at radius 3 is 2.48 bits per heavy atom. The highest BCUT2D eigenvalue weighted by atomic mass is 35.5. The summed E-state index contributed by atoms with van der Waals surface area (Å²) < 4.78 is 32.0. The molecule has 2 aliphatic rings. The third-order valence-electron chi connectivity index (χ3n) is 4.32. The fourth-order valence-electron chi connectivity index (χ4n) is 3.02. The molecule has 2 rings (SSSR count). The number of hydrogen-bond donors (Lipinski definition) is 1. The normalized spacial score (nSPS) is 25.5. The van der Waals surface area contributed by atoms with Crippen LogP contribution >= 0.6 is 12.4 Å². The zero-order valence-electron chi connectivity index (χ0n) is 12.9. The first kappa shape index (κ1) is 19.2. The van der Waals surface area contributed by atoms with Gasteiger partial charge >= 0.3 is 0 Å². The van der Waals surface area contributed by atoms with Crippen molar-refractivity contribution in [3.05, 3.63) is 0 Å². The number of halogens is 1. The lowest BCUT2D eigenvalue weighted by Crippen LogP contribution is -2.44. The highest BCUT2D eigenvalue weighted by Gasteiger charge is 2.30. The van der Waals surface area contributed by atoms with E-state index in [0.717, 1.165) is 45.2 Å². The average molecular weight is 341 g/mol. The summed E-state index contributed by atoms with van der Waals surface area (Å²) in [7, 11) is -3.14. The lowest BCUT2D eigenvalue weighted by Gasteiger charge is -2.33. The third-order valence-corrected chi connectivity index (χ3v) is 6.27. The molecule has 0 aliphatic carbocycles. The molecule has 7 heteroatoms. The van der Waals surface area contributed by atoms with Gasteiger partial charge in [0.25, 0.3) is 0 Å². The molecule has 21 heavy (non-hydrogen) atoms. The van der Waals surface area contributed by atoms with Gasteiger partial charge in [0, 0.05) is 19.7 Å². The second kappa shape index (κ2) is 9.30. The maximum absolute atomic E-state index is 12.4. The molecule has 0 aromatic rings. The quantitative estimate of drug-likeness (QED) is 0.798. The molecule has 1 N–H and O–H groups in total. The SMILES string of the molecule is CCNCC1CCN(S(=O)(=O)CC2CCCCO2)CC1.Cl. The van der Waals surface area contributed by atoms with Crippen molar-refractivity contribution < 1.29 is 13.2 Å². The maximum atomic E-state index is 12.4. The van der Waals surface area contributed by atoms with Crippen molar-refractivity contribution in [3.63, 3.8) is 0 Å². The number of sulfonamides is 1. The Bertz CT molecular complexity index is 378. The molecule has 0 radical (unpaired) electrons. The standard InChI is InChI=1S/C14H28N2O3S.ClH/c1-2-15-11-13-6-8-16(9-7-13)20(17,18)12-14-5-3-4-10-19-14;/h13-15H,2-12H2,1H3;1H. The van der Waals surface area contributed by atoms with E-state index < -0.39 is 10.0 Å². The molecule has 0 saturated carbocycles. The Balaban J connectivity index is 0.00000220. The number of rotatable bonds is 6. The Kier molecular flexibility index (Phi) is 8.49. The summed E-state index contributed by atoms with van der Waals surface area (Å²) >= 11 is 0. The first-order valence-corrected chi connectivity index (χ1v) is 9.53. The van der Waals surface area contributed by atoms with Gasteiger partial charge in [0.1, 0.15) is 0 Å². The second-order valence-corrected chi connectivity index (χ2v) is 7.93. The summed E-state index contributed by atoms with van der Waals surface area (Å²) in [6, 6.07) is 0. The Labute approximate surface area is 135 Å². The van der Waals surface area contributed by atoms with Crippen LogP contribution in [-0.4, -0.2) is 57.4 Å². The molecule has 0 bridgehead atoms. The van der Waals surface area contributed by atoms with Crippen LogP contribution in [0.4, 0.5) is 0 Å². The van der Waals surface area contributed by atoms with E-state index in [1.54, 1.807) is 4.31 Å². The molecule has 5 nitrogen and oxygen atoms in total. The number of piperidine rings is 1. The van der Waals surface area contributed by atoms with Gasteiger partial charge in [0.05, 0.1) is 11.9 Å². The van der Waals surface area contributed by atoms with Crippen molar-refractivity contribution in [2.45, 2.75) is 45.1 Å². The van der Waals surface area contributed by atoms with Crippen molar-refractivity contribution in [1.82, 2.24) is 9.62 Å². The maximum Gasteiger partial charge on any atom is 0.216 e. The van der Waals surface area contributed by atoms with E-state index >= 15 is 0 Å². The Hall–Kier alpha value is 0.120. The van der Waals surface area contributed by atoms with Crippen LogP contribution in [0.15, 0.2) is 0 Å². The molecule has 0 aromatic carbocycles. The number of nitrogens with one attached hydrogen (secondary N) is 1. The molecule has 126 valence electrons. The van der Waals surface area contributed by atoms with Crippen molar-refractivity contribution in [3.8, 4) is 0 Å². The van der Waals surface area contributed by atoms with E-state index in [1.165, 1.54) is 0 Å². The van der Waals surface area contributed by atoms with Crippen LogP contribution < -0.4 is 5.32 Å². The lowest BCUT2D eigenvalue weighted by atomic mass is 9.98. The van der Waals surface area contributed by atoms with E-state index in [9.17, 15) is 8.42 Å². The zero-order chi connectivity index (χ0) is 14.4. The zero-order valence-corrected chi connectivity index (χ0v) is 14.6. The van der Waals surface area contributed by atoms with Gasteiger partial charge in [-0.1, -0.05) is 6.92 Å². The van der Waals surface area contributed by atoms with Crippen molar-refractivity contribution in [2.75, 3.05) is 38.5 Å². The van der Waals surface area contributed by atoms with Gasteiger partial charge in [-0.25, -0.2) is 12.7 Å². The monoisotopic (exact) mass is 340 g/mol. The van der Waals surface area contributed by atoms with Crippen LogP contribution in [0, 0.1) is 5.92 Å². The van der Waals surface area contributed by atoms with E-state index in [2.05, 4.69) is 12.2 Å². The van der Waals surface area contributed by atoms with E-state index in [0.29, 0.717) is 25.6 Å². The average Bonchev–Trinajstić information content (AvgIpc) is 2.46. The molecular formula is C14H29ClN2O3S. The molecule has 2 fully saturated rings. The summed E-state index contributed by atoms with van der Waals surface area (Å²) in [5.41, 5.74) is 0. The second-order valence-electron chi connectivity index (χ2n) is 5.92. The summed E-state index contributed by atoms with van der Waals surface area (Å²) in [6.45, 7) is 6.15. The predicted octanol–water partition coefficient (Wildman–Crippen LogP) is 1.63. The molecule has 0 amide bonds. The fourth-order valence-corrected chi connectivity index (χ4v) is 4.73. The van der Waals surface area contributed by atoms with Crippen molar-refractivity contribution in [2.24, 2.45) is 5.92 Å². The van der Waals surface area contributed by atoms with Gasteiger partial charge in [-0.3, -0.25) is 0 Å². The molecule has 2 heterocycles. The van der Waals surface area contributed by atoms with Gasteiger partial charge in [0.2, 0.25) is 10.0 Å². The van der Waals surface area contributed by atoms with E-state index in [4.69, 9.17) is 4.74 Å². The Morgan fingerprint density at radius 2 is 1.90 bits per heavy atom. The number of hydrogen-bond acceptors (Lipinski definition) is 4. The lowest BCUT2D eigenvalue weighted by molar-refractivity contribution is 0.0297. The molecule has 0 aromatic heterocycles. The van der Waals surface area contributed by atoms with Crippen molar-refractivity contribution in [1.29, 1.82) is 0 Å².